The summed E-state index contributed by atoms with van der Waals surface area (Å²) in [4.78, 5) is 30.8. The highest BCUT2D eigenvalue weighted by Crippen LogP contribution is 2.31. The van der Waals surface area contributed by atoms with Gasteiger partial charge in [-0.3, -0.25) is 9.36 Å². The molecule has 1 fully saturated rings. The summed E-state index contributed by atoms with van der Waals surface area (Å²) in [6.45, 7) is 2.89. The number of aryl methyl sites for hydroxylation is 1. The second-order valence-electron chi connectivity index (χ2n) is 8.18. The van der Waals surface area contributed by atoms with Crippen molar-refractivity contribution in [2.75, 3.05) is 18.0 Å². The third-order valence-corrected chi connectivity index (χ3v) is 5.89. The number of piperidine rings is 1. The van der Waals surface area contributed by atoms with E-state index >= 15 is 0 Å². The van der Waals surface area contributed by atoms with Crippen molar-refractivity contribution in [3.05, 3.63) is 76.1 Å². The zero-order valence-electron chi connectivity index (χ0n) is 18.3. The van der Waals surface area contributed by atoms with Crippen LogP contribution in [0, 0.1) is 6.92 Å². The Balaban J connectivity index is 1.76. The third-order valence-electron chi connectivity index (χ3n) is 5.89. The monoisotopic (exact) mass is 472 g/mol. The highest BCUT2D eigenvalue weighted by molar-refractivity contribution is 5.65. The zero-order valence-corrected chi connectivity index (χ0v) is 18.3. The van der Waals surface area contributed by atoms with Crippen LogP contribution < -0.4 is 15.8 Å². The predicted octanol–water partition coefficient (Wildman–Crippen LogP) is 4.46. The molecule has 2 aromatic carbocycles. The van der Waals surface area contributed by atoms with Crippen molar-refractivity contribution in [3.63, 3.8) is 0 Å². The van der Waals surface area contributed by atoms with Crippen molar-refractivity contribution in [2.45, 2.75) is 32.0 Å². The number of nitrogens with one attached hydrogen (secondary N) is 1. The van der Waals surface area contributed by atoms with Gasteiger partial charge in [0.2, 0.25) is 0 Å². The first-order valence-electron chi connectivity index (χ1n) is 10.8. The molecular weight excluding hydrogens is 449 g/mol. The van der Waals surface area contributed by atoms with E-state index in [1.165, 1.54) is 22.8 Å². The molecule has 1 aromatic heterocycles. The van der Waals surface area contributed by atoms with E-state index in [1.807, 2.05) is 30.0 Å². The van der Waals surface area contributed by atoms with E-state index in [0.717, 1.165) is 17.7 Å². The number of rotatable bonds is 4. The number of anilines is 1. The van der Waals surface area contributed by atoms with Gasteiger partial charge >= 0.3 is 12.3 Å². The topological polar surface area (TPSA) is 87.5 Å². The SMILES string of the molecule is Cc1ccccc1-c1nc(N2CCC(NC(=O)O)CC2)cc(=O)n1-c1ccc(C(F)(F)F)cc1. The maximum absolute atomic E-state index is 13.3. The summed E-state index contributed by atoms with van der Waals surface area (Å²) in [6, 6.07) is 12.9. The summed E-state index contributed by atoms with van der Waals surface area (Å²) in [6.07, 6.45) is -4.42. The summed E-state index contributed by atoms with van der Waals surface area (Å²) in [5.74, 6) is 0.770. The molecule has 1 aliphatic heterocycles. The van der Waals surface area contributed by atoms with Crippen LogP contribution in [0.25, 0.3) is 17.1 Å². The van der Waals surface area contributed by atoms with Crippen LogP contribution in [0.1, 0.15) is 24.0 Å². The number of carboxylic acid groups (broad SMARTS) is 1. The van der Waals surface area contributed by atoms with Gasteiger partial charge in [-0.15, -0.1) is 0 Å². The molecule has 0 aliphatic carbocycles. The molecule has 34 heavy (non-hydrogen) atoms. The van der Waals surface area contributed by atoms with Crippen LogP contribution in [-0.4, -0.2) is 39.9 Å². The van der Waals surface area contributed by atoms with Crippen LogP contribution in [0.3, 0.4) is 0 Å². The lowest BCUT2D eigenvalue weighted by atomic mass is 10.1. The first-order chi connectivity index (χ1) is 16.1. The number of amides is 1. The molecule has 3 aromatic rings. The lowest BCUT2D eigenvalue weighted by molar-refractivity contribution is -0.137. The fourth-order valence-electron chi connectivity index (χ4n) is 4.11. The van der Waals surface area contributed by atoms with E-state index < -0.39 is 23.4 Å². The summed E-state index contributed by atoms with van der Waals surface area (Å²) in [7, 11) is 0. The standard InChI is InChI=1S/C24H23F3N4O3/c1-15-4-2-3-5-19(15)22-29-20(30-12-10-17(11-13-30)28-23(33)34)14-21(32)31(22)18-8-6-16(7-9-18)24(25,26)27/h2-9,14,17,28H,10-13H2,1H3,(H,33,34). The molecule has 0 spiro atoms. The minimum Gasteiger partial charge on any atom is -0.465 e. The average molecular weight is 472 g/mol. The average Bonchev–Trinajstić information content (AvgIpc) is 2.78. The Kier molecular flexibility index (Phi) is 6.32. The quantitative estimate of drug-likeness (QED) is 0.585. The second kappa shape index (κ2) is 9.20. The Morgan fingerprint density at radius 1 is 1.09 bits per heavy atom. The van der Waals surface area contributed by atoms with Crippen LogP contribution in [-0.2, 0) is 6.18 Å². The van der Waals surface area contributed by atoms with Crippen molar-refractivity contribution >= 4 is 11.9 Å². The predicted molar refractivity (Wildman–Crippen MR) is 121 cm³/mol. The van der Waals surface area contributed by atoms with Gasteiger partial charge in [0.1, 0.15) is 11.6 Å². The number of alkyl halides is 3. The molecule has 0 atom stereocenters. The van der Waals surface area contributed by atoms with Crippen LogP contribution in [0.5, 0.6) is 0 Å². The van der Waals surface area contributed by atoms with Crippen molar-refractivity contribution in [3.8, 4) is 17.1 Å². The molecule has 1 amide bonds. The molecule has 0 saturated carbocycles. The van der Waals surface area contributed by atoms with Gasteiger partial charge in [0.25, 0.3) is 5.56 Å². The Hall–Kier alpha value is -3.82. The Morgan fingerprint density at radius 3 is 2.32 bits per heavy atom. The van der Waals surface area contributed by atoms with Crippen molar-refractivity contribution < 1.29 is 23.1 Å². The number of hydrogen-bond donors (Lipinski definition) is 2. The lowest BCUT2D eigenvalue weighted by Gasteiger charge is -2.33. The minimum absolute atomic E-state index is 0.169. The lowest BCUT2D eigenvalue weighted by Crippen LogP contribution is -2.44. The summed E-state index contributed by atoms with van der Waals surface area (Å²) >= 11 is 0. The van der Waals surface area contributed by atoms with Gasteiger partial charge in [-0.05, 0) is 49.6 Å². The molecule has 1 aliphatic rings. The van der Waals surface area contributed by atoms with Gasteiger partial charge in [0.15, 0.2) is 0 Å². The molecule has 0 unspecified atom stereocenters. The molecule has 1 saturated heterocycles. The van der Waals surface area contributed by atoms with Crippen LogP contribution >= 0.6 is 0 Å². The number of nitrogens with zero attached hydrogens (tertiary/aromatic N) is 3. The van der Waals surface area contributed by atoms with Gasteiger partial charge in [0.05, 0.1) is 11.3 Å². The Labute approximate surface area is 193 Å². The van der Waals surface area contributed by atoms with Crippen LogP contribution in [0.15, 0.2) is 59.4 Å². The highest BCUT2D eigenvalue weighted by Gasteiger charge is 2.30. The molecule has 178 valence electrons. The third kappa shape index (κ3) is 4.90. The second-order valence-corrected chi connectivity index (χ2v) is 8.18. The molecular formula is C24H23F3N4O3. The molecule has 0 radical (unpaired) electrons. The zero-order chi connectivity index (χ0) is 24.5. The van der Waals surface area contributed by atoms with E-state index in [2.05, 4.69) is 5.32 Å². The van der Waals surface area contributed by atoms with E-state index in [-0.39, 0.29) is 11.7 Å². The maximum atomic E-state index is 13.3. The maximum Gasteiger partial charge on any atom is 0.416 e. The highest BCUT2D eigenvalue weighted by atomic mass is 19.4. The van der Waals surface area contributed by atoms with Crippen molar-refractivity contribution in [1.29, 1.82) is 0 Å². The fourth-order valence-corrected chi connectivity index (χ4v) is 4.11. The summed E-state index contributed by atoms with van der Waals surface area (Å²) in [5, 5.41) is 11.4. The van der Waals surface area contributed by atoms with Gasteiger partial charge in [-0.2, -0.15) is 13.2 Å². The number of benzene rings is 2. The van der Waals surface area contributed by atoms with Crippen molar-refractivity contribution in [1.82, 2.24) is 14.9 Å². The van der Waals surface area contributed by atoms with Crippen LogP contribution in [0.4, 0.5) is 23.8 Å². The largest absolute Gasteiger partial charge is 0.465 e. The number of aromatic nitrogens is 2. The van der Waals surface area contributed by atoms with Gasteiger partial charge in [-0.25, -0.2) is 9.78 Å². The van der Waals surface area contributed by atoms with Gasteiger partial charge < -0.3 is 15.3 Å². The first kappa shape index (κ1) is 23.3. The summed E-state index contributed by atoms with van der Waals surface area (Å²) in [5.41, 5.74) is 0.595. The normalized spacial score (nSPS) is 14.8. The molecule has 2 heterocycles. The first-order valence-corrected chi connectivity index (χ1v) is 10.8. The van der Waals surface area contributed by atoms with E-state index in [4.69, 9.17) is 10.1 Å². The Bertz CT molecular complexity index is 1250. The van der Waals surface area contributed by atoms with Gasteiger partial charge in [-0.1, -0.05) is 24.3 Å². The van der Waals surface area contributed by atoms with E-state index in [1.54, 1.807) is 6.07 Å². The molecule has 4 rings (SSSR count). The number of carbonyl (C=O) groups is 1. The minimum atomic E-state index is -4.48. The van der Waals surface area contributed by atoms with Gasteiger partial charge in [0, 0.05) is 30.8 Å². The van der Waals surface area contributed by atoms with Crippen LogP contribution in [0.2, 0.25) is 0 Å². The summed E-state index contributed by atoms with van der Waals surface area (Å²) < 4.78 is 40.4. The number of halogens is 3. The van der Waals surface area contributed by atoms with Crippen molar-refractivity contribution in [2.24, 2.45) is 0 Å². The smallest absolute Gasteiger partial charge is 0.416 e. The molecule has 10 heteroatoms. The number of hydrogen-bond acceptors (Lipinski definition) is 4. The molecule has 2 N–H and O–H groups in total. The van der Waals surface area contributed by atoms with E-state index in [0.29, 0.717) is 43.1 Å². The molecule has 7 nitrogen and oxygen atoms in total. The fraction of sp³-hybridized carbons (Fsp3) is 0.292. The molecule has 0 bridgehead atoms. The Morgan fingerprint density at radius 2 is 1.74 bits per heavy atom. The van der Waals surface area contributed by atoms with E-state index in [9.17, 15) is 22.8 Å².